The normalized spacial score (nSPS) is 11.3. The molecule has 0 amide bonds. The molecule has 30 heavy (non-hydrogen) atoms. The van der Waals surface area contributed by atoms with Crippen LogP contribution in [-0.4, -0.2) is 35.5 Å². The van der Waals surface area contributed by atoms with Gasteiger partial charge in [0.1, 0.15) is 5.78 Å². The molecule has 0 heterocycles. The summed E-state index contributed by atoms with van der Waals surface area (Å²) in [6.45, 7) is 2.00. The lowest BCUT2D eigenvalue weighted by Gasteiger charge is -2.04. The predicted octanol–water partition coefficient (Wildman–Crippen LogP) is 5.44. The van der Waals surface area contributed by atoms with Gasteiger partial charge >= 0.3 is 12.4 Å². The summed E-state index contributed by atoms with van der Waals surface area (Å²) in [6.07, 6.45) is -8.54. The highest BCUT2D eigenvalue weighted by atomic mass is 19.4. The van der Waals surface area contributed by atoms with Gasteiger partial charge in [-0.05, 0) is 6.42 Å². The minimum Gasteiger partial charge on any atom is -0.299 e. The van der Waals surface area contributed by atoms with E-state index in [1.165, 1.54) is 24.3 Å². The van der Waals surface area contributed by atoms with Crippen molar-refractivity contribution < 1.29 is 45.5 Å². The summed E-state index contributed by atoms with van der Waals surface area (Å²) in [6, 6.07) is 7.40. The monoisotopic (exact) mass is 440 g/mol. The first kappa shape index (κ1) is 27.5. The van der Waals surface area contributed by atoms with Crippen molar-refractivity contribution in [2.45, 2.75) is 64.2 Å². The fourth-order valence-electron chi connectivity index (χ4n) is 2.09. The fourth-order valence-corrected chi connectivity index (χ4v) is 2.09. The molecule has 0 bridgehead atoms. The van der Waals surface area contributed by atoms with Gasteiger partial charge in [0.2, 0.25) is 11.6 Å². The molecule has 168 valence electrons. The van der Waals surface area contributed by atoms with E-state index in [1.807, 2.05) is 6.92 Å². The molecular weight excluding hydrogens is 418 g/mol. The first-order valence-electron chi connectivity index (χ1n) is 9.09. The van der Waals surface area contributed by atoms with E-state index in [1.54, 1.807) is 6.07 Å². The number of unbranched alkanes of at least 4 members (excludes halogenated alkanes) is 3. The minimum atomic E-state index is -4.94. The Morgan fingerprint density at radius 2 is 1.23 bits per heavy atom. The van der Waals surface area contributed by atoms with Crippen molar-refractivity contribution in [3.63, 3.8) is 0 Å². The summed E-state index contributed by atoms with van der Waals surface area (Å²) < 4.78 is 70.7. The Balaban J connectivity index is 0.000000561. The van der Waals surface area contributed by atoms with Crippen LogP contribution in [0.4, 0.5) is 26.3 Å². The third-order valence-electron chi connectivity index (χ3n) is 3.72. The molecule has 0 unspecified atom stereocenters. The molecule has 0 aromatic heterocycles. The van der Waals surface area contributed by atoms with Gasteiger partial charge < -0.3 is 0 Å². The average Bonchev–Trinajstić information content (AvgIpc) is 2.65. The second kappa shape index (κ2) is 12.9. The van der Waals surface area contributed by atoms with E-state index in [0.29, 0.717) is 6.42 Å². The first-order valence-corrected chi connectivity index (χ1v) is 9.09. The van der Waals surface area contributed by atoms with Crippen molar-refractivity contribution in [1.82, 2.24) is 0 Å². The van der Waals surface area contributed by atoms with Crippen LogP contribution < -0.4 is 0 Å². The smallest absolute Gasteiger partial charge is 0.299 e. The molecule has 0 spiro atoms. The van der Waals surface area contributed by atoms with Gasteiger partial charge in [0.25, 0.3) is 0 Å². The third kappa shape index (κ3) is 12.1. The quantitative estimate of drug-likeness (QED) is 0.210. The summed E-state index contributed by atoms with van der Waals surface area (Å²) in [7, 11) is 0. The molecule has 0 saturated heterocycles. The number of halogens is 6. The van der Waals surface area contributed by atoms with E-state index in [0.717, 1.165) is 19.3 Å². The topological polar surface area (TPSA) is 68.3 Å². The lowest BCUT2D eigenvalue weighted by molar-refractivity contribution is -0.171. The number of hydrogen-bond donors (Lipinski definition) is 0. The average molecular weight is 440 g/mol. The predicted molar refractivity (Wildman–Crippen MR) is 95.9 cm³/mol. The van der Waals surface area contributed by atoms with Crippen molar-refractivity contribution >= 4 is 23.1 Å². The van der Waals surface area contributed by atoms with Gasteiger partial charge in [-0.1, -0.05) is 56.5 Å². The van der Waals surface area contributed by atoms with Crippen LogP contribution in [0.2, 0.25) is 0 Å². The molecule has 0 aliphatic carbocycles. The standard InChI is InChI=1S/C10H7F3O2.C10H15F3O2/c11-10(12,13)9(15)6-8(14)7-4-2-1-3-5-7;1-2-3-4-5-6-8(14)7-9(15)10(11,12)13/h1-5H,6H2;2-7H2,1H3. The molecule has 0 radical (unpaired) electrons. The van der Waals surface area contributed by atoms with E-state index in [-0.39, 0.29) is 12.0 Å². The van der Waals surface area contributed by atoms with Crippen LogP contribution in [0.3, 0.4) is 0 Å². The molecule has 0 N–H and O–H groups in total. The van der Waals surface area contributed by atoms with Crippen LogP contribution in [0.25, 0.3) is 0 Å². The van der Waals surface area contributed by atoms with E-state index < -0.39 is 48.3 Å². The second-order valence-corrected chi connectivity index (χ2v) is 6.33. The van der Waals surface area contributed by atoms with Gasteiger partial charge in [-0.2, -0.15) is 26.3 Å². The maximum Gasteiger partial charge on any atom is 0.450 e. The zero-order valence-corrected chi connectivity index (χ0v) is 16.2. The largest absolute Gasteiger partial charge is 0.450 e. The maximum absolute atomic E-state index is 11.8. The molecule has 4 nitrogen and oxygen atoms in total. The van der Waals surface area contributed by atoms with Crippen LogP contribution >= 0.6 is 0 Å². The summed E-state index contributed by atoms with van der Waals surface area (Å²) in [5.41, 5.74) is 0.107. The Kier molecular flexibility index (Phi) is 11.8. The Morgan fingerprint density at radius 3 is 1.70 bits per heavy atom. The Morgan fingerprint density at radius 1 is 0.733 bits per heavy atom. The lowest BCUT2D eigenvalue weighted by Crippen LogP contribution is -2.25. The number of rotatable bonds is 10. The van der Waals surface area contributed by atoms with Gasteiger partial charge in [-0.15, -0.1) is 0 Å². The van der Waals surface area contributed by atoms with Crippen LogP contribution in [0.15, 0.2) is 30.3 Å². The first-order chi connectivity index (χ1) is 13.8. The fraction of sp³-hybridized carbons (Fsp3) is 0.500. The summed E-state index contributed by atoms with van der Waals surface area (Å²) in [5.74, 6) is -5.40. The zero-order chi connectivity index (χ0) is 23.4. The van der Waals surface area contributed by atoms with E-state index in [2.05, 4.69) is 0 Å². The molecule has 1 rings (SSSR count). The number of hydrogen-bond acceptors (Lipinski definition) is 4. The van der Waals surface area contributed by atoms with Crippen molar-refractivity contribution in [2.24, 2.45) is 0 Å². The van der Waals surface area contributed by atoms with Crippen molar-refractivity contribution in [3.05, 3.63) is 35.9 Å². The van der Waals surface area contributed by atoms with Crippen molar-refractivity contribution in [1.29, 1.82) is 0 Å². The Hall–Kier alpha value is -2.52. The Bertz CT molecular complexity index is 708. The van der Waals surface area contributed by atoms with Crippen LogP contribution in [0, 0.1) is 0 Å². The van der Waals surface area contributed by atoms with E-state index in [4.69, 9.17) is 0 Å². The molecular formula is C20H22F6O4. The molecule has 0 aliphatic heterocycles. The number of carbonyl (C=O) groups excluding carboxylic acids is 4. The molecule has 0 fully saturated rings. The molecule has 0 saturated carbocycles. The molecule has 0 atom stereocenters. The number of ketones is 4. The molecule has 1 aromatic rings. The molecule has 10 heteroatoms. The second-order valence-electron chi connectivity index (χ2n) is 6.33. The molecule has 1 aromatic carbocycles. The van der Waals surface area contributed by atoms with Gasteiger partial charge in [0.05, 0.1) is 12.8 Å². The van der Waals surface area contributed by atoms with Crippen LogP contribution in [0.5, 0.6) is 0 Å². The van der Waals surface area contributed by atoms with Crippen LogP contribution in [-0.2, 0) is 14.4 Å². The van der Waals surface area contributed by atoms with Gasteiger partial charge in [-0.25, -0.2) is 0 Å². The highest BCUT2D eigenvalue weighted by Crippen LogP contribution is 2.19. The SMILES string of the molecule is CCCCCCC(=O)CC(=O)C(F)(F)F.O=C(CC(=O)C(F)(F)F)c1ccccc1. The number of benzene rings is 1. The summed E-state index contributed by atoms with van der Waals surface area (Å²) in [4.78, 5) is 43.0. The maximum atomic E-state index is 11.8. The van der Waals surface area contributed by atoms with Gasteiger partial charge in [0, 0.05) is 12.0 Å². The molecule has 0 aliphatic rings. The number of alkyl halides is 6. The highest BCUT2D eigenvalue weighted by molar-refractivity contribution is 6.09. The lowest BCUT2D eigenvalue weighted by atomic mass is 10.1. The third-order valence-corrected chi connectivity index (χ3v) is 3.72. The number of carbonyl (C=O) groups is 4. The van der Waals surface area contributed by atoms with Gasteiger partial charge in [0.15, 0.2) is 5.78 Å². The highest BCUT2D eigenvalue weighted by Gasteiger charge is 2.39. The van der Waals surface area contributed by atoms with Crippen molar-refractivity contribution in [3.8, 4) is 0 Å². The Labute approximate surface area is 169 Å². The number of Topliss-reactive ketones (excluding diaryl/α,β-unsaturated/α-hetero) is 4. The van der Waals surface area contributed by atoms with E-state index in [9.17, 15) is 45.5 Å². The zero-order valence-electron chi connectivity index (χ0n) is 16.2. The van der Waals surface area contributed by atoms with Crippen molar-refractivity contribution in [2.75, 3.05) is 0 Å². The summed E-state index contributed by atoms with van der Waals surface area (Å²) >= 11 is 0. The van der Waals surface area contributed by atoms with Gasteiger partial charge in [-0.3, -0.25) is 19.2 Å². The summed E-state index contributed by atoms with van der Waals surface area (Å²) in [5, 5.41) is 0. The van der Waals surface area contributed by atoms with Crippen LogP contribution in [0.1, 0.15) is 62.2 Å². The minimum absolute atomic E-state index is 0.0713. The van der Waals surface area contributed by atoms with E-state index >= 15 is 0 Å².